The fourth-order valence-electron chi connectivity index (χ4n) is 2.12. The van der Waals surface area contributed by atoms with Crippen molar-refractivity contribution in [3.05, 3.63) is 68.7 Å². The molecule has 0 aliphatic carbocycles. The summed E-state index contributed by atoms with van der Waals surface area (Å²) in [6.07, 6.45) is 0.727. The van der Waals surface area contributed by atoms with Crippen molar-refractivity contribution in [3.8, 4) is 0 Å². The van der Waals surface area contributed by atoms with Crippen LogP contribution in [0, 0.1) is 10.1 Å². The fraction of sp³-hybridized carbons (Fsp3) is 0.188. The first kappa shape index (κ1) is 16.8. The van der Waals surface area contributed by atoms with Gasteiger partial charge in [0.25, 0.3) is 5.69 Å². The van der Waals surface area contributed by atoms with E-state index in [0.29, 0.717) is 17.3 Å². The Bertz CT molecular complexity index is 734. The SMILES string of the molecule is COC(=O)c1cc(NCCc2cccc(Cl)c2)ccc1[N+](=O)[O-]. The third kappa shape index (κ3) is 4.43. The molecule has 2 aromatic carbocycles. The zero-order valence-corrected chi connectivity index (χ0v) is 13.2. The number of benzene rings is 2. The van der Waals surface area contributed by atoms with Crippen molar-refractivity contribution in [3.63, 3.8) is 0 Å². The van der Waals surface area contributed by atoms with E-state index in [9.17, 15) is 14.9 Å². The van der Waals surface area contributed by atoms with Crippen LogP contribution in [-0.2, 0) is 11.2 Å². The van der Waals surface area contributed by atoms with Crippen LogP contribution >= 0.6 is 11.6 Å². The number of nitrogens with zero attached hydrogens (tertiary/aromatic N) is 1. The number of nitrogens with one attached hydrogen (secondary N) is 1. The van der Waals surface area contributed by atoms with Gasteiger partial charge in [0.05, 0.1) is 12.0 Å². The van der Waals surface area contributed by atoms with E-state index < -0.39 is 10.9 Å². The van der Waals surface area contributed by atoms with E-state index in [-0.39, 0.29) is 11.3 Å². The maximum absolute atomic E-state index is 11.7. The number of carbonyl (C=O) groups is 1. The Morgan fingerprint density at radius 2 is 2.09 bits per heavy atom. The molecule has 120 valence electrons. The summed E-state index contributed by atoms with van der Waals surface area (Å²) in [5, 5.41) is 14.7. The standard InChI is InChI=1S/C16H15ClN2O4/c1-23-16(20)14-10-13(5-6-15(14)19(21)22)18-8-7-11-3-2-4-12(17)9-11/h2-6,9-10,18H,7-8H2,1H3. The number of halogens is 1. The van der Waals surface area contributed by atoms with Crippen LogP contribution in [0.15, 0.2) is 42.5 Å². The Balaban J connectivity index is 2.08. The molecule has 0 fully saturated rings. The Hall–Kier alpha value is -2.60. The van der Waals surface area contributed by atoms with Gasteiger partial charge in [0.2, 0.25) is 0 Å². The lowest BCUT2D eigenvalue weighted by atomic mass is 10.1. The van der Waals surface area contributed by atoms with Crippen LogP contribution in [0.5, 0.6) is 0 Å². The first-order valence-corrected chi connectivity index (χ1v) is 7.24. The second-order valence-electron chi connectivity index (χ2n) is 4.79. The third-order valence-corrected chi connectivity index (χ3v) is 3.47. The topological polar surface area (TPSA) is 81.5 Å². The molecule has 2 aromatic rings. The van der Waals surface area contributed by atoms with E-state index in [2.05, 4.69) is 10.1 Å². The molecule has 23 heavy (non-hydrogen) atoms. The fourth-order valence-corrected chi connectivity index (χ4v) is 2.34. The van der Waals surface area contributed by atoms with Crippen molar-refractivity contribution in [2.24, 2.45) is 0 Å². The highest BCUT2D eigenvalue weighted by Crippen LogP contribution is 2.23. The highest BCUT2D eigenvalue weighted by atomic mass is 35.5. The van der Waals surface area contributed by atoms with Gasteiger partial charge in [0, 0.05) is 23.3 Å². The minimum atomic E-state index is -0.741. The summed E-state index contributed by atoms with van der Waals surface area (Å²) in [7, 11) is 1.19. The molecule has 7 heteroatoms. The van der Waals surface area contributed by atoms with Gasteiger partial charge in [-0.1, -0.05) is 23.7 Å². The van der Waals surface area contributed by atoms with Crippen molar-refractivity contribution in [1.29, 1.82) is 0 Å². The van der Waals surface area contributed by atoms with E-state index in [1.54, 1.807) is 12.1 Å². The summed E-state index contributed by atoms with van der Waals surface area (Å²) in [4.78, 5) is 22.0. The first-order chi connectivity index (χ1) is 11.0. The predicted molar refractivity (Wildman–Crippen MR) is 88.1 cm³/mol. The molecular weight excluding hydrogens is 320 g/mol. The number of anilines is 1. The molecule has 0 aliphatic heterocycles. The molecule has 0 unspecified atom stereocenters. The molecule has 1 N–H and O–H groups in total. The van der Waals surface area contributed by atoms with E-state index in [1.165, 1.54) is 19.2 Å². The highest BCUT2D eigenvalue weighted by Gasteiger charge is 2.21. The minimum Gasteiger partial charge on any atom is -0.465 e. The Morgan fingerprint density at radius 3 is 2.74 bits per heavy atom. The quantitative estimate of drug-likeness (QED) is 0.495. The van der Waals surface area contributed by atoms with E-state index in [4.69, 9.17) is 11.6 Å². The van der Waals surface area contributed by atoms with Gasteiger partial charge in [-0.25, -0.2) is 4.79 Å². The second kappa shape index (κ2) is 7.60. The third-order valence-electron chi connectivity index (χ3n) is 3.23. The van der Waals surface area contributed by atoms with Crippen LogP contribution in [0.4, 0.5) is 11.4 Å². The van der Waals surface area contributed by atoms with Crippen molar-refractivity contribution in [2.45, 2.75) is 6.42 Å². The number of hydrogen-bond donors (Lipinski definition) is 1. The van der Waals surface area contributed by atoms with Gasteiger partial charge in [0.15, 0.2) is 0 Å². The summed E-state index contributed by atoms with van der Waals surface area (Å²) in [5.41, 5.74) is 1.32. The predicted octanol–water partition coefficient (Wildman–Crippen LogP) is 3.69. The summed E-state index contributed by atoms with van der Waals surface area (Å²) in [6, 6.07) is 11.8. The van der Waals surface area contributed by atoms with Crippen molar-refractivity contribution >= 4 is 28.9 Å². The van der Waals surface area contributed by atoms with Crippen LogP contribution in [0.2, 0.25) is 5.02 Å². The number of ether oxygens (including phenoxy) is 1. The van der Waals surface area contributed by atoms with Gasteiger partial charge < -0.3 is 10.1 Å². The van der Waals surface area contributed by atoms with Gasteiger partial charge in [-0.05, 0) is 36.2 Å². The number of methoxy groups -OCH3 is 1. The molecule has 0 aromatic heterocycles. The zero-order chi connectivity index (χ0) is 16.8. The average Bonchev–Trinajstić information content (AvgIpc) is 2.54. The van der Waals surface area contributed by atoms with Gasteiger partial charge in [-0.3, -0.25) is 10.1 Å². The van der Waals surface area contributed by atoms with Crippen LogP contribution < -0.4 is 5.32 Å². The molecule has 0 radical (unpaired) electrons. The molecule has 0 saturated heterocycles. The maximum Gasteiger partial charge on any atom is 0.344 e. The van der Waals surface area contributed by atoms with Crippen LogP contribution in [-0.4, -0.2) is 24.5 Å². The highest BCUT2D eigenvalue weighted by molar-refractivity contribution is 6.30. The molecule has 0 heterocycles. The molecule has 0 aliphatic rings. The molecule has 2 rings (SSSR count). The van der Waals surface area contributed by atoms with Crippen LogP contribution in [0.1, 0.15) is 15.9 Å². The number of esters is 1. The van der Waals surface area contributed by atoms with E-state index in [0.717, 1.165) is 12.0 Å². The molecule has 0 saturated carbocycles. The second-order valence-corrected chi connectivity index (χ2v) is 5.22. The summed E-state index contributed by atoms with van der Waals surface area (Å²) >= 11 is 5.92. The van der Waals surface area contributed by atoms with Gasteiger partial charge in [-0.2, -0.15) is 0 Å². The lowest BCUT2D eigenvalue weighted by Gasteiger charge is -2.08. The number of rotatable bonds is 6. The lowest BCUT2D eigenvalue weighted by Crippen LogP contribution is -2.09. The molecule has 0 bridgehead atoms. The number of nitro benzene ring substituents is 1. The lowest BCUT2D eigenvalue weighted by molar-refractivity contribution is -0.385. The largest absolute Gasteiger partial charge is 0.465 e. The average molecular weight is 335 g/mol. The van der Waals surface area contributed by atoms with E-state index in [1.807, 2.05) is 18.2 Å². The van der Waals surface area contributed by atoms with Crippen LogP contribution in [0.25, 0.3) is 0 Å². The smallest absolute Gasteiger partial charge is 0.344 e. The minimum absolute atomic E-state index is 0.0785. The summed E-state index contributed by atoms with van der Waals surface area (Å²) in [6.45, 7) is 0.596. The van der Waals surface area contributed by atoms with Crippen LogP contribution in [0.3, 0.4) is 0 Å². The molecule has 6 nitrogen and oxygen atoms in total. The van der Waals surface area contributed by atoms with Crippen molar-refractivity contribution in [1.82, 2.24) is 0 Å². The number of nitro groups is 1. The number of carbonyl (C=O) groups excluding carboxylic acids is 1. The van der Waals surface area contributed by atoms with Gasteiger partial charge >= 0.3 is 5.97 Å². The van der Waals surface area contributed by atoms with Crippen molar-refractivity contribution < 1.29 is 14.5 Å². The summed E-state index contributed by atoms with van der Waals surface area (Å²) < 4.78 is 4.58. The molecule has 0 atom stereocenters. The Morgan fingerprint density at radius 1 is 1.30 bits per heavy atom. The van der Waals surface area contributed by atoms with E-state index >= 15 is 0 Å². The monoisotopic (exact) mass is 334 g/mol. The normalized spacial score (nSPS) is 10.2. The summed E-state index contributed by atoms with van der Waals surface area (Å²) in [5.74, 6) is -0.741. The first-order valence-electron chi connectivity index (χ1n) is 6.86. The zero-order valence-electron chi connectivity index (χ0n) is 12.4. The van der Waals surface area contributed by atoms with Crippen molar-refractivity contribution in [2.75, 3.05) is 19.0 Å². The number of hydrogen-bond acceptors (Lipinski definition) is 5. The Kier molecular flexibility index (Phi) is 5.54. The maximum atomic E-state index is 11.7. The van der Waals surface area contributed by atoms with Gasteiger partial charge in [0.1, 0.15) is 5.56 Å². The Labute approximate surface area is 138 Å². The molecular formula is C16H15ClN2O4. The van der Waals surface area contributed by atoms with Gasteiger partial charge in [-0.15, -0.1) is 0 Å². The molecule has 0 amide bonds. The molecule has 0 spiro atoms.